The molecule has 0 heterocycles. The molecule has 100 valence electrons. The second-order valence-electron chi connectivity index (χ2n) is 3.97. The predicted octanol–water partition coefficient (Wildman–Crippen LogP) is 1.50. The third-order valence-electron chi connectivity index (χ3n) is 2.42. The van der Waals surface area contributed by atoms with E-state index in [1.807, 2.05) is 13.0 Å². The van der Waals surface area contributed by atoms with Gasteiger partial charge in [0.1, 0.15) is 0 Å². The molecule has 0 spiro atoms. The van der Waals surface area contributed by atoms with Crippen LogP contribution in [0.4, 0.5) is 5.69 Å². The van der Waals surface area contributed by atoms with Crippen molar-refractivity contribution in [1.82, 2.24) is 0 Å². The minimum Gasteiger partial charge on any atom is -0.478 e. The van der Waals surface area contributed by atoms with Crippen molar-refractivity contribution in [2.75, 3.05) is 31.7 Å². The third-order valence-corrected chi connectivity index (χ3v) is 2.42. The summed E-state index contributed by atoms with van der Waals surface area (Å²) in [6, 6.07) is 5.19. The van der Waals surface area contributed by atoms with Crippen molar-refractivity contribution in [2.24, 2.45) is 0 Å². The van der Waals surface area contributed by atoms with Gasteiger partial charge in [-0.1, -0.05) is 6.07 Å². The van der Waals surface area contributed by atoms with E-state index in [0.29, 0.717) is 25.4 Å². The van der Waals surface area contributed by atoms with Crippen LogP contribution in [0.15, 0.2) is 18.2 Å². The van der Waals surface area contributed by atoms with Crippen LogP contribution in [0, 0.1) is 6.92 Å². The number of aliphatic hydroxyl groups excluding tert-OH is 1. The summed E-state index contributed by atoms with van der Waals surface area (Å²) in [7, 11) is 0. The molecule has 0 fully saturated rings. The lowest BCUT2D eigenvalue weighted by Crippen LogP contribution is -2.10. The number of aromatic carboxylic acids is 1. The number of aryl methyl sites for hydroxylation is 1. The minimum atomic E-state index is -0.936. The van der Waals surface area contributed by atoms with Crippen molar-refractivity contribution >= 4 is 11.7 Å². The number of carbonyl (C=O) groups is 1. The average Bonchev–Trinajstić information content (AvgIpc) is 2.33. The first kappa shape index (κ1) is 14.5. The highest BCUT2D eigenvalue weighted by molar-refractivity contribution is 5.94. The molecule has 0 unspecified atom stereocenters. The number of carboxylic acid groups (broad SMARTS) is 1. The fraction of sp³-hybridized carbons (Fsp3) is 0.462. The van der Waals surface area contributed by atoms with Gasteiger partial charge in [-0.3, -0.25) is 0 Å². The van der Waals surface area contributed by atoms with Crippen molar-refractivity contribution < 1.29 is 19.7 Å². The number of hydrogen-bond donors (Lipinski definition) is 3. The summed E-state index contributed by atoms with van der Waals surface area (Å²) in [5.74, 6) is -0.936. The second-order valence-corrected chi connectivity index (χ2v) is 3.97. The topological polar surface area (TPSA) is 78.8 Å². The maximum Gasteiger partial charge on any atom is 0.337 e. The highest BCUT2D eigenvalue weighted by atomic mass is 16.5. The first-order valence-corrected chi connectivity index (χ1v) is 5.91. The standard InChI is InChI=1S/C13H19NO4/c1-10-3-4-11(13(16)17)12(9-10)14-5-2-7-18-8-6-15/h3-4,9,14-15H,2,5-8H2,1H3,(H,16,17). The van der Waals surface area contributed by atoms with Crippen LogP contribution in [0.25, 0.3) is 0 Å². The fourth-order valence-electron chi connectivity index (χ4n) is 1.55. The zero-order chi connectivity index (χ0) is 13.4. The van der Waals surface area contributed by atoms with Crippen LogP contribution in [0.1, 0.15) is 22.3 Å². The van der Waals surface area contributed by atoms with Crippen LogP contribution < -0.4 is 5.32 Å². The molecule has 5 heteroatoms. The van der Waals surface area contributed by atoms with Crippen LogP contribution in [0.2, 0.25) is 0 Å². The summed E-state index contributed by atoms with van der Waals surface area (Å²) >= 11 is 0. The maximum atomic E-state index is 11.0. The lowest BCUT2D eigenvalue weighted by molar-refractivity contribution is 0.0698. The number of benzene rings is 1. The van der Waals surface area contributed by atoms with E-state index in [9.17, 15) is 4.79 Å². The molecule has 0 aliphatic heterocycles. The van der Waals surface area contributed by atoms with Crippen LogP contribution >= 0.6 is 0 Å². The number of rotatable bonds is 8. The van der Waals surface area contributed by atoms with Gasteiger partial charge in [0, 0.05) is 18.8 Å². The molecule has 5 nitrogen and oxygen atoms in total. The molecule has 0 aliphatic rings. The largest absolute Gasteiger partial charge is 0.478 e. The predicted molar refractivity (Wildman–Crippen MR) is 69.1 cm³/mol. The van der Waals surface area contributed by atoms with Gasteiger partial charge in [0.05, 0.1) is 18.8 Å². The first-order valence-electron chi connectivity index (χ1n) is 5.91. The number of anilines is 1. The van der Waals surface area contributed by atoms with E-state index in [1.54, 1.807) is 12.1 Å². The van der Waals surface area contributed by atoms with Crippen LogP contribution in [0.5, 0.6) is 0 Å². The molecule has 0 saturated heterocycles. The van der Waals surface area contributed by atoms with Gasteiger partial charge in [-0.05, 0) is 31.0 Å². The Morgan fingerprint density at radius 3 is 2.83 bits per heavy atom. The molecule has 0 saturated carbocycles. The molecule has 0 atom stereocenters. The number of carboxylic acids is 1. The zero-order valence-corrected chi connectivity index (χ0v) is 10.5. The van der Waals surface area contributed by atoms with E-state index in [0.717, 1.165) is 12.0 Å². The summed E-state index contributed by atoms with van der Waals surface area (Å²) in [6.07, 6.45) is 0.757. The van der Waals surface area contributed by atoms with E-state index in [2.05, 4.69) is 5.32 Å². The SMILES string of the molecule is Cc1ccc(C(=O)O)c(NCCCOCCO)c1. The zero-order valence-electron chi connectivity index (χ0n) is 10.5. The van der Waals surface area contributed by atoms with Gasteiger partial charge in [-0.15, -0.1) is 0 Å². The Bertz CT molecular complexity index is 393. The quantitative estimate of drug-likeness (QED) is 0.612. The molecule has 1 aromatic rings. The van der Waals surface area contributed by atoms with Gasteiger partial charge in [0.25, 0.3) is 0 Å². The Morgan fingerprint density at radius 2 is 2.17 bits per heavy atom. The number of aliphatic hydroxyl groups is 1. The van der Waals surface area contributed by atoms with Crippen molar-refractivity contribution in [2.45, 2.75) is 13.3 Å². The van der Waals surface area contributed by atoms with Crippen LogP contribution in [-0.2, 0) is 4.74 Å². The maximum absolute atomic E-state index is 11.0. The van der Waals surface area contributed by atoms with Crippen LogP contribution in [0.3, 0.4) is 0 Å². The molecule has 3 N–H and O–H groups in total. The fourth-order valence-corrected chi connectivity index (χ4v) is 1.55. The molecule has 1 rings (SSSR count). The van der Waals surface area contributed by atoms with E-state index in [-0.39, 0.29) is 12.2 Å². The summed E-state index contributed by atoms with van der Waals surface area (Å²) in [4.78, 5) is 11.0. The average molecular weight is 253 g/mol. The Morgan fingerprint density at radius 1 is 1.39 bits per heavy atom. The molecule has 0 aromatic heterocycles. The van der Waals surface area contributed by atoms with Crippen molar-refractivity contribution in [1.29, 1.82) is 0 Å². The lowest BCUT2D eigenvalue weighted by atomic mass is 10.1. The van der Waals surface area contributed by atoms with E-state index in [1.165, 1.54) is 0 Å². The molecule has 18 heavy (non-hydrogen) atoms. The second kappa shape index (κ2) is 7.68. The van der Waals surface area contributed by atoms with Crippen molar-refractivity contribution in [3.05, 3.63) is 29.3 Å². The van der Waals surface area contributed by atoms with E-state index < -0.39 is 5.97 Å². The number of ether oxygens (including phenoxy) is 1. The summed E-state index contributed by atoms with van der Waals surface area (Å²) < 4.78 is 5.12. The normalized spacial score (nSPS) is 10.3. The Hall–Kier alpha value is -1.59. The Labute approximate surface area is 106 Å². The van der Waals surface area contributed by atoms with Crippen LogP contribution in [-0.4, -0.2) is 42.5 Å². The molecule has 0 amide bonds. The molecule has 0 radical (unpaired) electrons. The molecule has 0 bridgehead atoms. The van der Waals surface area contributed by atoms with Crippen molar-refractivity contribution in [3.8, 4) is 0 Å². The monoisotopic (exact) mass is 253 g/mol. The molecule has 1 aromatic carbocycles. The van der Waals surface area contributed by atoms with Gasteiger partial charge in [-0.2, -0.15) is 0 Å². The van der Waals surface area contributed by atoms with Crippen molar-refractivity contribution in [3.63, 3.8) is 0 Å². The van der Waals surface area contributed by atoms with Gasteiger partial charge < -0.3 is 20.3 Å². The molecular formula is C13H19NO4. The van der Waals surface area contributed by atoms with Gasteiger partial charge in [0.2, 0.25) is 0 Å². The highest BCUT2D eigenvalue weighted by Gasteiger charge is 2.09. The Kier molecular flexibility index (Phi) is 6.18. The highest BCUT2D eigenvalue weighted by Crippen LogP contribution is 2.17. The number of nitrogens with one attached hydrogen (secondary N) is 1. The van der Waals surface area contributed by atoms with Gasteiger partial charge >= 0.3 is 5.97 Å². The lowest BCUT2D eigenvalue weighted by Gasteiger charge is -2.10. The minimum absolute atomic E-state index is 0.0223. The molecule has 0 aliphatic carbocycles. The summed E-state index contributed by atoms with van der Waals surface area (Å²) in [6.45, 7) is 3.46. The van der Waals surface area contributed by atoms with Gasteiger partial charge in [-0.25, -0.2) is 4.79 Å². The first-order chi connectivity index (χ1) is 8.65. The smallest absolute Gasteiger partial charge is 0.337 e. The van der Waals surface area contributed by atoms with E-state index >= 15 is 0 Å². The summed E-state index contributed by atoms with van der Waals surface area (Å²) in [5, 5.41) is 20.6. The molecular weight excluding hydrogens is 234 g/mol. The summed E-state index contributed by atoms with van der Waals surface area (Å²) in [5.41, 5.74) is 1.92. The number of hydrogen-bond acceptors (Lipinski definition) is 4. The van der Waals surface area contributed by atoms with E-state index in [4.69, 9.17) is 14.9 Å². The Balaban J connectivity index is 2.45. The third kappa shape index (κ3) is 4.73. The van der Waals surface area contributed by atoms with Gasteiger partial charge in [0.15, 0.2) is 0 Å².